The molecule has 0 N–H and O–H groups in total. The first-order valence-electron chi connectivity index (χ1n) is 5.39. The van der Waals surface area contributed by atoms with Crippen LogP contribution in [0.3, 0.4) is 0 Å². The molecule has 3 aromatic rings. The highest BCUT2D eigenvalue weighted by atomic mass is 32.1. The van der Waals surface area contributed by atoms with Gasteiger partial charge in [0.25, 0.3) is 0 Å². The van der Waals surface area contributed by atoms with Gasteiger partial charge in [-0.25, -0.2) is 4.98 Å². The number of aromatic nitrogens is 1. The van der Waals surface area contributed by atoms with Crippen LogP contribution in [0.5, 0.6) is 0 Å². The minimum atomic E-state index is 1.07. The molecule has 0 aliphatic rings. The lowest BCUT2D eigenvalue weighted by atomic mass is 10.2. The maximum Gasteiger partial charge on any atom is 0.0812 e. The summed E-state index contributed by atoms with van der Waals surface area (Å²) in [6.45, 7) is 2.12. The summed E-state index contributed by atoms with van der Waals surface area (Å²) in [5.74, 6) is 0. The SMILES string of the molecule is Cc1cc(-c2cccs2)nc(-c2cccs2)c1. The summed E-state index contributed by atoms with van der Waals surface area (Å²) in [5, 5.41) is 4.17. The van der Waals surface area contributed by atoms with Gasteiger partial charge in [-0.2, -0.15) is 0 Å². The van der Waals surface area contributed by atoms with Crippen LogP contribution in [0.2, 0.25) is 0 Å². The van der Waals surface area contributed by atoms with Crippen LogP contribution in [0.4, 0.5) is 0 Å². The van der Waals surface area contributed by atoms with E-state index >= 15 is 0 Å². The number of nitrogens with zero attached hydrogens (tertiary/aromatic N) is 1. The fourth-order valence-corrected chi connectivity index (χ4v) is 3.14. The predicted molar refractivity (Wildman–Crippen MR) is 75.6 cm³/mol. The predicted octanol–water partition coefficient (Wildman–Crippen LogP) is 4.85. The van der Waals surface area contributed by atoms with Crippen LogP contribution in [-0.2, 0) is 0 Å². The molecular formula is C14H11NS2. The first-order valence-corrected chi connectivity index (χ1v) is 7.15. The normalized spacial score (nSPS) is 10.6. The molecule has 3 rings (SSSR count). The Kier molecular flexibility index (Phi) is 2.79. The topological polar surface area (TPSA) is 12.9 Å². The van der Waals surface area contributed by atoms with Gasteiger partial charge < -0.3 is 0 Å². The average Bonchev–Trinajstić information content (AvgIpc) is 3.02. The van der Waals surface area contributed by atoms with Crippen molar-refractivity contribution in [1.29, 1.82) is 0 Å². The highest BCUT2D eigenvalue weighted by Gasteiger charge is 2.06. The van der Waals surface area contributed by atoms with Crippen molar-refractivity contribution in [1.82, 2.24) is 4.98 Å². The minimum Gasteiger partial charge on any atom is -0.246 e. The van der Waals surface area contributed by atoms with Gasteiger partial charge in [-0.1, -0.05) is 12.1 Å². The first-order chi connectivity index (χ1) is 8.33. The lowest BCUT2D eigenvalue weighted by molar-refractivity contribution is 1.31. The van der Waals surface area contributed by atoms with Crippen LogP contribution in [0, 0.1) is 6.92 Å². The summed E-state index contributed by atoms with van der Waals surface area (Å²) in [6.07, 6.45) is 0. The largest absolute Gasteiger partial charge is 0.246 e. The quantitative estimate of drug-likeness (QED) is 0.639. The molecule has 0 spiro atoms. The van der Waals surface area contributed by atoms with Crippen molar-refractivity contribution in [3.05, 3.63) is 52.7 Å². The van der Waals surface area contributed by atoms with Gasteiger partial charge in [-0.05, 0) is 47.5 Å². The van der Waals surface area contributed by atoms with Crippen LogP contribution < -0.4 is 0 Å². The van der Waals surface area contributed by atoms with Crippen molar-refractivity contribution in [2.45, 2.75) is 6.92 Å². The molecule has 0 aliphatic heterocycles. The lowest BCUT2D eigenvalue weighted by Crippen LogP contribution is -1.86. The Labute approximate surface area is 108 Å². The van der Waals surface area contributed by atoms with Gasteiger partial charge in [0.2, 0.25) is 0 Å². The van der Waals surface area contributed by atoms with Crippen molar-refractivity contribution >= 4 is 22.7 Å². The molecule has 0 amide bonds. The van der Waals surface area contributed by atoms with Crippen molar-refractivity contribution in [2.75, 3.05) is 0 Å². The molecular weight excluding hydrogens is 246 g/mol. The van der Waals surface area contributed by atoms with E-state index < -0.39 is 0 Å². The smallest absolute Gasteiger partial charge is 0.0812 e. The molecule has 0 saturated carbocycles. The fourth-order valence-electron chi connectivity index (χ4n) is 1.77. The zero-order chi connectivity index (χ0) is 11.7. The number of pyridine rings is 1. The molecule has 0 aliphatic carbocycles. The van der Waals surface area contributed by atoms with Crippen LogP contribution in [-0.4, -0.2) is 4.98 Å². The maximum absolute atomic E-state index is 4.74. The highest BCUT2D eigenvalue weighted by molar-refractivity contribution is 7.13. The Morgan fingerprint density at radius 1 is 0.882 bits per heavy atom. The third kappa shape index (κ3) is 2.16. The monoisotopic (exact) mass is 257 g/mol. The van der Waals surface area contributed by atoms with Crippen LogP contribution in [0.1, 0.15) is 5.56 Å². The number of rotatable bonds is 2. The van der Waals surface area contributed by atoms with Gasteiger partial charge in [0, 0.05) is 0 Å². The lowest BCUT2D eigenvalue weighted by Gasteiger charge is -2.03. The maximum atomic E-state index is 4.74. The van der Waals surface area contributed by atoms with Gasteiger partial charge in [-0.3, -0.25) is 0 Å². The molecule has 17 heavy (non-hydrogen) atoms. The highest BCUT2D eigenvalue weighted by Crippen LogP contribution is 2.29. The van der Waals surface area contributed by atoms with E-state index in [0.717, 1.165) is 11.4 Å². The molecule has 84 valence electrons. The zero-order valence-electron chi connectivity index (χ0n) is 9.38. The summed E-state index contributed by atoms with van der Waals surface area (Å²) in [4.78, 5) is 7.20. The van der Waals surface area contributed by atoms with Gasteiger partial charge in [0.05, 0.1) is 21.1 Å². The Bertz CT molecular complexity index is 557. The average molecular weight is 257 g/mol. The number of aryl methyl sites for hydroxylation is 1. The summed E-state index contributed by atoms with van der Waals surface area (Å²) in [5.41, 5.74) is 3.40. The molecule has 0 bridgehead atoms. The number of hydrogen-bond donors (Lipinski definition) is 0. The van der Waals surface area contributed by atoms with E-state index in [1.165, 1.54) is 15.3 Å². The van der Waals surface area contributed by atoms with Crippen LogP contribution in [0.25, 0.3) is 21.1 Å². The van der Waals surface area contributed by atoms with Crippen molar-refractivity contribution in [3.63, 3.8) is 0 Å². The van der Waals surface area contributed by atoms with Gasteiger partial charge in [0.1, 0.15) is 0 Å². The molecule has 0 aromatic carbocycles. The third-order valence-electron chi connectivity index (χ3n) is 2.52. The van der Waals surface area contributed by atoms with E-state index in [2.05, 4.69) is 54.1 Å². The van der Waals surface area contributed by atoms with E-state index in [9.17, 15) is 0 Å². The standard InChI is InChI=1S/C14H11NS2/c1-10-8-11(13-4-2-6-16-13)15-12(9-10)14-5-3-7-17-14/h2-9H,1H3. The van der Waals surface area contributed by atoms with Crippen molar-refractivity contribution in [2.24, 2.45) is 0 Å². The number of hydrogen-bond acceptors (Lipinski definition) is 3. The second kappa shape index (κ2) is 4.43. The molecule has 3 heterocycles. The van der Waals surface area contributed by atoms with E-state index in [-0.39, 0.29) is 0 Å². The van der Waals surface area contributed by atoms with E-state index in [4.69, 9.17) is 4.98 Å². The van der Waals surface area contributed by atoms with Crippen LogP contribution >= 0.6 is 22.7 Å². The molecule has 0 radical (unpaired) electrons. The molecule has 3 heteroatoms. The molecule has 0 fully saturated rings. The zero-order valence-corrected chi connectivity index (χ0v) is 11.0. The third-order valence-corrected chi connectivity index (χ3v) is 4.30. The second-order valence-corrected chi connectivity index (χ2v) is 5.76. The first kappa shape index (κ1) is 10.7. The molecule has 1 nitrogen and oxygen atoms in total. The van der Waals surface area contributed by atoms with E-state index in [1.807, 2.05) is 0 Å². The fraction of sp³-hybridized carbons (Fsp3) is 0.0714. The summed E-state index contributed by atoms with van der Waals surface area (Å²) in [7, 11) is 0. The van der Waals surface area contributed by atoms with Gasteiger partial charge in [0.15, 0.2) is 0 Å². The Morgan fingerprint density at radius 3 is 1.82 bits per heavy atom. The van der Waals surface area contributed by atoms with Crippen molar-refractivity contribution in [3.8, 4) is 21.1 Å². The molecule has 0 unspecified atom stereocenters. The van der Waals surface area contributed by atoms with E-state index in [1.54, 1.807) is 22.7 Å². The Hall–Kier alpha value is -1.45. The van der Waals surface area contributed by atoms with E-state index in [0.29, 0.717) is 0 Å². The Morgan fingerprint density at radius 2 is 1.41 bits per heavy atom. The summed E-state index contributed by atoms with van der Waals surface area (Å²) >= 11 is 3.46. The summed E-state index contributed by atoms with van der Waals surface area (Å²) < 4.78 is 0. The van der Waals surface area contributed by atoms with Gasteiger partial charge in [-0.15, -0.1) is 22.7 Å². The van der Waals surface area contributed by atoms with Crippen LogP contribution in [0.15, 0.2) is 47.2 Å². The Balaban J connectivity index is 2.13. The molecule has 0 atom stereocenters. The van der Waals surface area contributed by atoms with Gasteiger partial charge >= 0.3 is 0 Å². The molecule has 0 saturated heterocycles. The van der Waals surface area contributed by atoms with Crippen molar-refractivity contribution < 1.29 is 0 Å². The molecule has 3 aromatic heterocycles. The number of thiophene rings is 2. The summed E-state index contributed by atoms with van der Waals surface area (Å²) in [6, 6.07) is 12.6. The second-order valence-electron chi connectivity index (χ2n) is 3.87. The minimum absolute atomic E-state index is 1.07.